The molecule has 0 spiro atoms. The molecule has 31 heavy (non-hydrogen) atoms. The number of esters is 1. The molecule has 0 atom stereocenters. The largest absolute Gasteiger partial charge is 0.465 e. The Labute approximate surface area is 187 Å². The average molecular weight is 458 g/mol. The van der Waals surface area contributed by atoms with Gasteiger partial charge in [0, 0.05) is 4.88 Å². The Balaban J connectivity index is 1.44. The van der Waals surface area contributed by atoms with Gasteiger partial charge in [-0.2, -0.15) is 0 Å². The van der Waals surface area contributed by atoms with Gasteiger partial charge in [0.2, 0.25) is 5.91 Å². The van der Waals surface area contributed by atoms with Crippen molar-refractivity contribution in [2.75, 3.05) is 19.0 Å². The van der Waals surface area contributed by atoms with Crippen molar-refractivity contribution < 1.29 is 23.9 Å². The quantitative estimate of drug-likeness (QED) is 0.413. The summed E-state index contributed by atoms with van der Waals surface area (Å²) in [5.41, 5.74) is 1.95. The van der Waals surface area contributed by atoms with Gasteiger partial charge in [0.25, 0.3) is 11.8 Å². The zero-order valence-electron chi connectivity index (χ0n) is 16.6. The molecular weight excluding hydrogens is 438 g/mol. The van der Waals surface area contributed by atoms with Crippen LogP contribution in [-0.4, -0.2) is 47.4 Å². The second kappa shape index (κ2) is 8.56. The fourth-order valence-corrected chi connectivity index (χ4v) is 5.36. The highest BCUT2D eigenvalue weighted by molar-refractivity contribution is 7.80. The molecule has 8 nitrogen and oxygen atoms in total. The minimum Gasteiger partial charge on any atom is -0.465 e. The maximum atomic E-state index is 12.4. The molecule has 0 saturated carbocycles. The fraction of sp³-hybridized carbons (Fsp3) is 0.286. The van der Waals surface area contributed by atoms with E-state index in [4.69, 9.17) is 17.0 Å². The second-order valence-corrected chi connectivity index (χ2v) is 8.66. The van der Waals surface area contributed by atoms with Gasteiger partial charge in [-0.25, -0.2) is 4.79 Å². The number of hydrogen-bond donors (Lipinski definition) is 2. The van der Waals surface area contributed by atoms with Crippen LogP contribution in [0.15, 0.2) is 24.3 Å². The lowest BCUT2D eigenvalue weighted by Crippen LogP contribution is -2.43. The number of thiocarbonyl (C=S) groups is 1. The van der Waals surface area contributed by atoms with Gasteiger partial charge in [-0.05, 0) is 55.6 Å². The molecule has 1 aromatic carbocycles. The minimum atomic E-state index is -0.618. The summed E-state index contributed by atoms with van der Waals surface area (Å²) in [7, 11) is 1.32. The second-order valence-electron chi connectivity index (χ2n) is 7.15. The topological polar surface area (TPSA) is 105 Å². The summed E-state index contributed by atoms with van der Waals surface area (Å²) in [6, 6.07) is 6.41. The van der Waals surface area contributed by atoms with Crippen molar-refractivity contribution in [1.82, 2.24) is 10.2 Å². The first-order valence-corrected chi connectivity index (χ1v) is 10.9. The maximum Gasteiger partial charge on any atom is 0.341 e. The van der Waals surface area contributed by atoms with E-state index in [1.165, 1.54) is 18.4 Å². The number of anilines is 1. The zero-order chi connectivity index (χ0) is 22.1. The van der Waals surface area contributed by atoms with E-state index in [-0.39, 0.29) is 16.2 Å². The third kappa shape index (κ3) is 3.96. The number of nitrogens with one attached hydrogen (secondary N) is 2. The monoisotopic (exact) mass is 457 g/mol. The Morgan fingerprint density at radius 3 is 2.42 bits per heavy atom. The molecule has 1 aromatic heterocycles. The van der Waals surface area contributed by atoms with Gasteiger partial charge in [-0.3, -0.25) is 19.3 Å². The lowest BCUT2D eigenvalue weighted by molar-refractivity contribution is -0.120. The minimum absolute atomic E-state index is 0.0228. The number of rotatable bonds is 4. The Morgan fingerprint density at radius 2 is 1.77 bits per heavy atom. The number of nitrogens with zero attached hydrogens (tertiary/aromatic N) is 1. The number of amides is 3. The van der Waals surface area contributed by atoms with Crippen LogP contribution in [0, 0.1) is 0 Å². The summed E-state index contributed by atoms with van der Waals surface area (Å²) in [4.78, 5) is 51.6. The molecule has 2 N–H and O–H groups in total. The molecule has 0 fully saturated rings. The van der Waals surface area contributed by atoms with Gasteiger partial charge in [0.1, 0.15) is 11.5 Å². The number of ether oxygens (including phenoxy) is 1. The summed E-state index contributed by atoms with van der Waals surface area (Å²) >= 11 is 6.64. The van der Waals surface area contributed by atoms with Gasteiger partial charge in [0.05, 0.1) is 23.8 Å². The molecule has 1 aliphatic heterocycles. The smallest absolute Gasteiger partial charge is 0.341 e. The van der Waals surface area contributed by atoms with E-state index in [0.29, 0.717) is 10.6 Å². The fourth-order valence-electron chi connectivity index (χ4n) is 3.80. The Morgan fingerprint density at radius 1 is 1.13 bits per heavy atom. The molecule has 1 aliphatic carbocycles. The first kappa shape index (κ1) is 21.1. The van der Waals surface area contributed by atoms with Crippen LogP contribution in [0.4, 0.5) is 5.00 Å². The number of hydrogen-bond acceptors (Lipinski definition) is 7. The molecule has 10 heteroatoms. The van der Waals surface area contributed by atoms with Crippen LogP contribution in [0.25, 0.3) is 0 Å². The van der Waals surface area contributed by atoms with E-state index in [0.717, 1.165) is 41.0 Å². The highest BCUT2D eigenvalue weighted by Gasteiger charge is 2.36. The van der Waals surface area contributed by atoms with Gasteiger partial charge in [0.15, 0.2) is 5.11 Å². The average Bonchev–Trinajstić information content (AvgIpc) is 3.23. The molecule has 0 saturated heterocycles. The highest BCUT2D eigenvalue weighted by Crippen LogP contribution is 2.38. The number of aryl methyl sites for hydroxylation is 1. The van der Waals surface area contributed by atoms with Crippen molar-refractivity contribution in [2.45, 2.75) is 25.7 Å². The van der Waals surface area contributed by atoms with Gasteiger partial charge in [-0.15, -0.1) is 11.3 Å². The van der Waals surface area contributed by atoms with Crippen molar-refractivity contribution >= 4 is 57.4 Å². The van der Waals surface area contributed by atoms with Crippen LogP contribution in [0.3, 0.4) is 0 Å². The van der Waals surface area contributed by atoms with Crippen LogP contribution < -0.4 is 10.6 Å². The molecule has 0 unspecified atom stereocenters. The van der Waals surface area contributed by atoms with E-state index in [2.05, 4.69) is 10.6 Å². The van der Waals surface area contributed by atoms with Gasteiger partial charge in [-0.1, -0.05) is 12.1 Å². The van der Waals surface area contributed by atoms with E-state index in [1.807, 2.05) is 0 Å². The number of fused-ring (bicyclic) bond motifs is 2. The van der Waals surface area contributed by atoms with Crippen LogP contribution >= 0.6 is 23.6 Å². The van der Waals surface area contributed by atoms with E-state index >= 15 is 0 Å². The summed E-state index contributed by atoms with van der Waals surface area (Å²) in [5, 5.41) is 5.88. The van der Waals surface area contributed by atoms with Crippen molar-refractivity contribution in [3.05, 3.63) is 51.4 Å². The number of carbonyl (C=O) groups excluding carboxylic acids is 4. The van der Waals surface area contributed by atoms with Crippen molar-refractivity contribution in [3.8, 4) is 0 Å². The Bertz CT molecular complexity index is 1090. The van der Waals surface area contributed by atoms with Crippen LogP contribution in [-0.2, 0) is 22.4 Å². The number of benzene rings is 1. The van der Waals surface area contributed by atoms with Crippen molar-refractivity contribution in [2.24, 2.45) is 0 Å². The van der Waals surface area contributed by atoms with Crippen LogP contribution in [0.2, 0.25) is 0 Å². The highest BCUT2D eigenvalue weighted by atomic mass is 32.1. The number of thiophene rings is 1. The van der Waals surface area contributed by atoms with Gasteiger partial charge >= 0.3 is 5.97 Å². The van der Waals surface area contributed by atoms with E-state index in [9.17, 15) is 19.2 Å². The lowest BCUT2D eigenvalue weighted by Gasteiger charge is -2.15. The molecule has 0 bridgehead atoms. The normalized spacial score (nSPS) is 14.7. The molecular formula is C21H19N3O5S2. The molecule has 2 aromatic rings. The lowest BCUT2D eigenvalue weighted by atomic mass is 9.95. The SMILES string of the molecule is COC(=O)c1c(NC(=S)NC(=O)CN2C(=O)c3ccccc3C2=O)sc2c1CCCC2. The first-order chi connectivity index (χ1) is 14.9. The molecule has 2 aliphatic rings. The number of carbonyl (C=O) groups is 4. The predicted octanol–water partition coefficient (Wildman–Crippen LogP) is 2.52. The predicted molar refractivity (Wildman–Crippen MR) is 118 cm³/mol. The molecule has 2 heterocycles. The third-order valence-electron chi connectivity index (χ3n) is 5.22. The maximum absolute atomic E-state index is 12.4. The van der Waals surface area contributed by atoms with E-state index in [1.54, 1.807) is 24.3 Å². The van der Waals surface area contributed by atoms with Crippen LogP contribution in [0.1, 0.15) is 54.4 Å². The summed E-state index contributed by atoms with van der Waals surface area (Å²) in [5.74, 6) is -2.11. The van der Waals surface area contributed by atoms with Crippen molar-refractivity contribution in [1.29, 1.82) is 0 Å². The summed E-state index contributed by atoms with van der Waals surface area (Å²) in [6.07, 6.45) is 3.71. The molecule has 3 amide bonds. The first-order valence-electron chi connectivity index (χ1n) is 9.69. The molecule has 4 rings (SSSR count). The Kier molecular flexibility index (Phi) is 5.84. The molecule has 160 valence electrons. The molecule has 0 radical (unpaired) electrons. The van der Waals surface area contributed by atoms with Crippen LogP contribution in [0.5, 0.6) is 0 Å². The standard InChI is InChI=1S/C21H19N3O5S2/c1-29-20(28)16-13-8-4-5-9-14(13)31-17(16)23-21(30)22-15(25)10-24-18(26)11-6-2-3-7-12(11)19(24)27/h2-3,6-7H,4-5,8-10H2,1H3,(H2,22,23,25,30). The van der Waals surface area contributed by atoms with Gasteiger partial charge < -0.3 is 15.4 Å². The summed E-state index contributed by atoms with van der Waals surface area (Å²) in [6.45, 7) is -0.459. The Hall–Kier alpha value is -3.11. The van der Waals surface area contributed by atoms with E-state index < -0.39 is 30.2 Å². The number of methoxy groups -OCH3 is 1. The number of imide groups is 1. The third-order valence-corrected chi connectivity index (χ3v) is 6.63. The zero-order valence-corrected chi connectivity index (χ0v) is 18.3. The van der Waals surface area contributed by atoms with Crippen molar-refractivity contribution in [3.63, 3.8) is 0 Å². The summed E-state index contributed by atoms with van der Waals surface area (Å²) < 4.78 is 4.92.